The number of pyridine rings is 1. The van der Waals surface area contributed by atoms with E-state index in [0.717, 1.165) is 18.7 Å². The number of fused-ring (bicyclic) bond motifs is 1. The van der Waals surface area contributed by atoms with E-state index in [1.165, 1.54) is 28.8 Å². The Labute approximate surface area is 108 Å². The van der Waals surface area contributed by atoms with E-state index in [4.69, 9.17) is 0 Å². The molecule has 2 heterocycles. The Morgan fingerprint density at radius 3 is 2.83 bits per heavy atom. The summed E-state index contributed by atoms with van der Waals surface area (Å²) in [6, 6.07) is 11.1. The van der Waals surface area contributed by atoms with Gasteiger partial charge >= 0.3 is 0 Å². The molecule has 0 atom stereocenters. The van der Waals surface area contributed by atoms with Gasteiger partial charge in [0.1, 0.15) is 0 Å². The van der Waals surface area contributed by atoms with Crippen LogP contribution in [0.4, 0.5) is 5.69 Å². The lowest BCUT2D eigenvalue weighted by Gasteiger charge is -2.12. The molecule has 2 aromatic rings. The van der Waals surface area contributed by atoms with Gasteiger partial charge in [-0.15, -0.1) is 0 Å². The normalized spacial score (nSPS) is 13.8. The van der Waals surface area contributed by atoms with Crippen molar-refractivity contribution in [3.63, 3.8) is 0 Å². The molecule has 1 aliphatic rings. The molecule has 0 bridgehead atoms. The lowest BCUT2D eigenvalue weighted by Crippen LogP contribution is -2.12. The number of nitrogens with zero attached hydrogens (tertiary/aromatic N) is 2. The van der Waals surface area contributed by atoms with Crippen LogP contribution in [0.15, 0.2) is 36.5 Å². The maximum atomic E-state index is 4.24. The smallest absolute Gasteiger partial charge is 0.0397 e. The van der Waals surface area contributed by atoms with E-state index in [9.17, 15) is 0 Å². The summed E-state index contributed by atoms with van der Waals surface area (Å²) in [6.45, 7) is 3.19. The molecule has 1 aromatic heterocycles. The third-order valence-electron chi connectivity index (χ3n) is 3.64. The summed E-state index contributed by atoms with van der Waals surface area (Å²) in [4.78, 5) is 6.57. The summed E-state index contributed by atoms with van der Waals surface area (Å²) in [6.07, 6.45) is 4.07. The summed E-state index contributed by atoms with van der Waals surface area (Å²) < 4.78 is 0. The molecule has 3 rings (SSSR count). The van der Waals surface area contributed by atoms with Crippen molar-refractivity contribution in [2.75, 3.05) is 18.5 Å². The molecule has 0 spiro atoms. The number of likely N-dealkylation sites (N-methyl/N-ethyl adjacent to an activating group) is 1. The quantitative estimate of drug-likeness (QED) is 0.799. The molecule has 0 N–H and O–H groups in total. The molecule has 92 valence electrons. The summed E-state index contributed by atoms with van der Waals surface area (Å²) in [5.41, 5.74) is 6.71. The SMILES string of the molecule is Cc1cc(Cc2ccc3c(c2)CCN3C)ccn1. The zero-order chi connectivity index (χ0) is 12.5. The molecule has 0 saturated heterocycles. The second kappa shape index (κ2) is 4.45. The molecule has 0 unspecified atom stereocenters. The van der Waals surface area contributed by atoms with E-state index in [1.54, 1.807) is 0 Å². The van der Waals surface area contributed by atoms with E-state index in [1.807, 2.05) is 13.1 Å². The molecule has 2 heteroatoms. The summed E-state index contributed by atoms with van der Waals surface area (Å²) in [5, 5.41) is 0. The molecule has 0 saturated carbocycles. The molecule has 0 amide bonds. The monoisotopic (exact) mass is 238 g/mol. The van der Waals surface area contributed by atoms with Gasteiger partial charge in [0.2, 0.25) is 0 Å². The zero-order valence-corrected chi connectivity index (χ0v) is 11.0. The van der Waals surface area contributed by atoms with Crippen molar-refractivity contribution >= 4 is 5.69 Å². The average Bonchev–Trinajstić information content (AvgIpc) is 2.71. The second-order valence-electron chi connectivity index (χ2n) is 5.12. The van der Waals surface area contributed by atoms with Crippen LogP contribution in [0, 0.1) is 6.92 Å². The van der Waals surface area contributed by atoms with Gasteiger partial charge in [0.15, 0.2) is 0 Å². The first-order valence-electron chi connectivity index (χ1n) is 6.47. The van der Waals surface area contributed by atoms with Gasteiger partial charge in [-0.1, -0.05) is 12.1 Å². The van der Waals surface area contributed by atoms with Gasteiger partial charge in [-0.25, -0.2) is 0 Å². The topological polar surface area (TPSA) is 16.1 Å². The maximum Gasteiger partial charge on any atom is 0.0397 e. The van der Waals surface area contributed by atoms with Crippen LogP contribution >= 0.6 is 0 Å². The highest BCUT2D eigenvalue weighted by Crippen LogP contribution is 2.28. The summed E-state index contributed by atoms with van der Waals surface area (Å²) in [7, 11) is 2.16. The van der Waals surface area contributed by atoms with Crippen molar-refractivity contribution in [2.45, 2.75) is 19.8 Å². The minimum Gasteiger partial charge on any atom is -0.374 e. The predicted molar refractivity (Wildman–Crippen MR) is 75.2 cm³/mol. The molecule has 1 aliphatic heterocycles. The Hall–Kier alpha value is -1.83. The van der Waals surface area contributed by atoms with Crippen molar-refractivity contribution in [2.24, 2.45) is 0 Å². The van der Waals surface area contributed by atoms with Gasteiger partial charge in [-0.3, -0.25) is 4.98 Å². The van der Waals surface area contributed by atoms with Crippen molar-refractivity contribution in [3.05, 3.63) is 58.9 Å². The molecule has 18 heavy (non-hydrogen) atoms. The van der Waals surface area contributed by atoms with Gasteiger partial charge < -0.3 is 4.90 Å². The molecule has 0 fully saturated rings. The van der Waals surface area contributed by atoms with Crippen LogP contribution in [0.1, 0.15) is 22.4 Å². The molecule has 2 nitrogen and oxygen atoms in total. The first-order chi connectivity index (χ1) is 8.72. The van der Waals surface area contributed by atoms with Gasteiger partial charge in [-0.05, 0) is 54.7 Å². The van der Waals surface area contributed by atoms with Crippen LogP contribution in [-0.2, 0) is 12.8 Å². The second-order valence-corrected chi connectivity index (χ2v) is 5.12. The van der Waals surface area contributed by atoms with E-state index >= 15 is 0 Å². The standard InChI is InChI=1S/C16H18N2/c1-12-9-14(5-7-17-12)10-13-3-4-16-15(11-13)6-8-18(16)2/h3-5,7,9,11H,6,8,10H2,1-2H3. The number of rotatable bonds is 2. The molecule has 1 aromatic carbocycles. The first kappa shape index (κ1) is 11.3. The van der Waals surface area contributed by atoms with Gasteiger partial charge in [-0.2, -0.15) is 0 Å². The van der Waals surface area contributed by atoms with Crippen LogP contribution in [-0.4, -0.2) is 18.6 Å². The van der Waals surface area contributed by atoms with E-state index in [2.05, 4.69) is 47.3 Å². The minimum atomic E-state index is 1.00. The Balaban J connectivity index is 1.86. The van der Waals surface area contributed by atoms with Gasteiger partial charge in [0, 0.05) is 31.2 Å². The van der Waals surface area contributed by atoms with Crippen molar-refractivity contribution in [1.82, 2.24) is 4.98 Å². The lowest BCUT2D eigenvalue weighted by molar-refractivity contribution is 0.955. The Morgan fingerprint density at radius 1 is 1.17 bits per heavy atom. The van der Waals surface area contributed by atoms with Crippen molar-refractivity contribution < 1.29 is 0 Å². The maximum absolute atomic E-state index is 4.24. The summed E-state index contributed by atoms with van der Waals surface area (Å²) in [5.74, 6) is 0. The predicted octanol–water partition coefficient (Wildman–Crippen LogP) is 2.97. The molecular weight excluding hydrogens is 220 g/mol. The van der Waals surface area contributed by atoms with Gasteiger partial charge in [0.25, 0.3) is 0 Å². The first-order valence-corrected chi connectivity index (χ1v) is 6.47. The highest BCUT2D eigenvalue weighted by atomic mass is 15.1. The third kappa shape index (κ3) is 2.10. The summed E-state index contributed by atoms with van der Waals surface area (Å²) >= 11 is 0. The van der Waals surface area contributed by atoms with Crippen LogP contribution in [0.3, 0.4) is 0 Å². The van der Waals surface area contributed by atoms with Crippen LogP contribution in [0.5, 0.6) is 0 Å². The number of hydrogen-bond acceptors (Lipinski definition) is 2. The molecule has 0 radical (unpaired) electrons. The fraction of sp³-hybridized carbons (Fsp3) is 0.312. The van der Waals surface area contributed by atoms with E-state index in [-0.39, 0.29) is 0 Å². The number of aromatic nitrogens is 1. The third-order valence-corrected chi connectivity index (χ3v) is 3.64. The average molecular weight is 238 g/mol. The van der Waals surface area contributed by atoms with E-state index in [0.29, 0.717) is 0 Å². The Bertz CT molecular complexity index is 575. The van der Waals surface area contributed by atoms with E-state index < -0.39 is 0 Å². The number of benzene rings is 1. The van der Waals surface area contributed by atoms with Crippen LogP contribution < -0.4 is 4.90 Å². The number of hydrogen-bond donors (Lipinski definition) is 0. The van der Waals surface area contributed by atoms with Crippen LogP contribution in [0.25, 0.3) is 0 Å². The highest BCUT2D eigenvalue weighted by Gasteiger charge is 2.15. The molecular formula is C16H18N2. The fourth-order valence-electron chi connectivity index (χ4n) is 2.68. The van der Waals surface area contributed by atoms with Gasteiger partial charge in [0.05, 0.1) is 0 Å². The Morgan fingerprint density at radius 2 is 2.00 bits per heavy atom. The minimum absolute atomic E-state index is 1.00. The molecule has 0 aliphatic carbocycles. The zero-order valence-electron chi connectivity index (χ0n) is 11.0. The lowest BCUT2D eigenvalue weighted by atomic mass is 10.0. The van der Waals surface area contributed by atoms with Crippen molar-refractivity contribution in [1.29, 1.82) is 0 Å². The highest BCUT2D eigenvalue weighted by molar-refractivity contribution is 5.58. The largest absolute Gasteiger partial charge is 0.374 e. The fourth-order valence-corrected chi connectivity index (χ4v) is 2.68. The Kier molecular flexibility index (Phi) is 2.78. The van der Waals surface area contributed by atoms with Crippen molar-refractivity contribution in [3.8, 4) is 0 Å². The van der Waals surface area contributed by atoms with Crippen LogP contribution in [0.2, 0.25) is 0 Å². The number of aryl methyl sites for hydroxylation is 1. The number of anilines is 1.